The normalized spacial score (nSPS) is 9.29. The van der Waals surface area contributed by atoms with Gasteiger partial charge in [0.05, 0.1) is 25.3 Å². The van der Waals surface area contributed by atoms with Gasteiger partial charge >= 0.3 is 11.9 Å². The predicted octanol–water partition coefficient (Wildman–Crippen LogP) is 0.655. The van der Waals surface area contributed by atoms with E-state index in [0.717, 1.165) is 0 Å². The number of rotatable bonds is 2. The smallest absolute Gasteiger partial charge is 0.339 e. The van der Waals surface area contributed by atoms with Gasteiger partial charge in [-0.2, -0.15) is 0 Å². The van der Waals surface area contributed by atoms with E-state index in [1.165, 1.54) is 32.7 Å². The fourth-order valence-electron chi connectivity index (χ4n) is 0.899. The lowest BCUT2D eigenvalue weighted by atomic mass is 10.2. The summed E-state index contributed by atoms with van der Waals surface area (Å²) in [7, 11) is 2.51. The first-order chi connectivity index (χ1) is 6.69. The molecule has 1 rings (SSSR count). The van der Waals surface area contributed by atoms with Crippen molar-refractivity contribution in [2.24, 2.45) is 0 Å². The molecule has 5 nitrogen and oxygen atoms in total. The number of hydrogen-bond acceptors (Lipinski definition) is 5. The van der Waals surface area contributed by atoms with Crippen LogP contribution in [-0.4, -0.2) is 31.1 Å². The molecule has 0 aliphatic heterocycles. The minimum atomic E-state index is -0.539. The minimum absolute atomic E-state index is 0.218. The van der Waals surface area contributed by atoms with E-state index in [9.17, 15) is 9.59 Å². The van der Waals surface area contributed by atoms with E-state index in [2.05, 4.69) is 14.5 Å². The Morgan fingerprint density at radius 1 is 1.07 bits per heavy atom. The van der Waals surface area contributed by atoms with Crippen LogP contribution in [0, 0.1) is 0 Å². The molecule has 0 radical (unpaired) electrons. The molecule has 0 aliphatic carbocycles. The van der Waals surface area contributed by atoms with Crippen LogP contribution >= 0.6 is 0 Å². The van der Waals surface area contributed by atoms with Crippen LogP contribution in [0.15, 0.2) is 18.5 Å². The quantitative estimate of drug-likeness (QED) is 0.648. The lowest BCUT2D eigenvalue weighted by Gasteiger charge is -2.01. The summed E-state index contributed by atoms with van der Waals surface area (Å²) in [6.07, 6.45) is 2.64. The monoisotopic (exact) mass is 195 g/mol. The number of esters is 2. The maximum Gasteiger partial charge on any atom is 0.339 e. The highest BCUT2D eigenvalue weighted by Gasteiger charge is 2.10. The lowest BCUT2D eigenvalue weighted by Crippen LogP contribution is -2.06. The highest BCUT2D eigenvalue weighted by molar-refractivity contribution is 5.94. The van der Waals surface area contributed by atoms with Gasteiger partial charge in [0.15, 0.2) is 0 Å². The Bertz CT molecular complexity index is 330. The van der Waals surface area contributed by atoms with Crippen molar-refractivity contribution in [3.8, 4) is 0 Å². The Kier molecular flexibility index (Phi) is 3.17. The van der Waals surface area contributed by atoms with Crippen molar-refractivity contribution >= 4 is 11.9 Å². The lowest BCUT2D eigenvalue weighted by molar-refractivity contribution is 0.0598. The molecule has 1 aromatic heterocycles. The standard InChI is InChI=1S/C9H9NO4/c1-13-8(11)6-3-7(5-10-4-6)9(12)14-2/h3-5H,1-2H3. The third kappa shape index (κ3) is 2.07. The first-order valence-corrected chi connectivity index (χ1v) is 3.80. The summed E-state index contributed by atoms with van der Waals surface area (Å²) in [5.74, 6) is -1.08. The van der Waals surface area contributed by atoms with Crippen LogP contribution < -0.4 is 0 Å². The molecular weight excluding hydrogens is 186 g/mol. The first kappa shape index (κ1) is 10.2. The maximum atomic E-state index is 11.1. The molecule has 0 fully saturated rings. The second-order valence-corrected chi connectivity index (χ2v) is 2.45. The van der Waals surface area contributed by atoms with Crippen molar-refractivity contribution in [2.75, 3.05) is 14.2 Å². The Morgan fingerprint density at radius 2 is 1.50 bits per heavy atom. The fraction of sp³-hybridized carbons (Fsp3) is 0.222. The molecular formula is C9H9NO4. The molecule has 0 unspecified atom stereocenters. The van der Waals surface area contributed by atoms with Crippen molar-refractivity contribution in [1.29, 1.82) is 0 Å². The summed E-state index contributed by atoms with van der Waals surface area (Å²) >= 11 is 0. The van der Waals surface area contributed by atoms with E-state index < -0.39 is 11.9 Å². The Labute approximate surface area is 80.7 Å². The van der Waals surface area contributed by atoms with E-state index in [0.29, 0.717) is 0 Å². The van der Waals surface area contributed by atoms with Gasteiger partial charge in [-0.15, -0.1) is 0 Å². The molecule has 5 heteroatoms. The highest BCUT2D eigenvalue weighted by atomic mass is 16.5. The van der Waals surface area contributed by atoms with Gasteiger partial charge < -0.3 is 9.47 Å². The summed E-state index contributed by atoms with van der Waals surface area (Å²) in [4.78, 5) is 25.8. The summed E-state index contributed by atoms with van der Waals surface area (Å²) in [6, 6.07) is 1.37. The zero-order valence-electron chi connectivity index (χ0n) is 7.81. The Morgan fingerprint density at radius 3 is 1.86 bits per heavy atom. The van der Waals surface area contributed by atoms with Gasteiger partial charge in [-0.25, -0.2) is 9.59 Å². The van der Waals surface area contributed by atoms with Crippen LogP contribution in [-0.2, 0) is 9.47 Å². The number of aromatic nitrogens is 1. The number of carbonyl (C=O) groups is 2. The van der Waals surface area contributed by atoms with Crippen molar-refractivity contribution < 1.29 is 19.1 Å². The van der Waals surface area contributed by atoms with Crippen molar-refractivity contribution in [2.45, 2.75) is 0 Å². The van der Waals surface area contributed by atoms with Crippen molar-refractivity contribution in [1.82, 2.24) is 4.98 Å². The second kappa shape index (κ2) is 4.36. The van der Waals surface area contributed by atoms with E-state index in [-0.39, 0.29) is 11.1 Å². The molecule has 0 amide bonds. The number of methoxy groups -OCH3 is 2. The van der Waals surface area contributed by atoms with Gasteiger partial charge in [0.25, 0.3) is 0 Å². The average Bonchev–Trinajstić information content (AvgIpc) is 2.27. The van der Waals surface area contributed by atoms with Crippen molar-refractivity contribution in [3.63, 3.8) is 0 Å². The molecule has 0 spiro atoms. The second-order valence-electron chi connectivity index (χ2n) is 2.45. The number of ether oxygens (including phenoxy) is 2. The highest BCUT2D eigenvalue weighted by Crippen LogP contribution is 2.05. The number of carbonyl (C=O) groups excluding carboxylic acids is 2. The van der Waals surface area contributed by atoms with Gasteiger partial charge in [0.2, 0.25) is 0 Å². The molecule has 0 aromatic carbocycles. The van der Waals surface area contributed by atoms with Crippen LogP contribution in [0.4, 0.5) is 0 Å². The maximum absolute atomic E-state index is 11.1. The van der Waals surface area contributed by atoms with Crippen LogP contribution in [0.3, 0.4) is 0 Å². The third-order valence-corrected chi connectivity index (χ3v) is 1.58. The summed E-state index contributed by atoms with van der Waals surface area (Å²) in [5.41, 5.74) is 0.436. The fourth-order valence-corrected chi connectivity index (χ4v) is 0.899. The summed E-state index contributed by atoms with van der Waals surface area (Å²) < 4.78 is 8.95. The summed E-state index contributed by atoms with van der Waals surface area (Å²) in [5, 5.41) is 0. The largest absolute Gasteiger partial charge is 0.465 e. The van der Waals surface area contributed by atoms with Crippen LogP contribution in [0.25, 0.3) is 0 Å². The van der Waals surface area contributed by atoms with E-state index in [1.807, 2.05) is 0 Å². The SMILES string of the molecule is COC(=O)c1cncc(C(=O)OC)c1. The molecule has 74 valence electrons. The molecule has 0 aliphatic rings. The molecule has 0 bridgehead atoms. The Hall–Kier alpha value is -1.91. The van der Waals surface area contributed by atoms with E-state index in [1.54, 1.807) is 0 Å². The van der Waals surface area contributed by atoms with E-state index in [4.69, 9.17) is 0 Å². The van der Waals surface area contributed by atoms with Gasteiger partial charge in [-0.05, 0) is 6.07 Å². The average molecular weight is 195 g/mol. The van der Waals surface area contributed by atoms with Gasteiger partial charge in [-0.3, -0.25) is 4.98 Å². The molecule has 0 N–H and O–H groups in total. The number of nitrogens with zero attached hydrogens (tertiary/aromatic N) is 1. The van der Waals surface area contributed by atoms with Gasteiger partial charge in [0.1, 0.15) is 0 Å². The number of hydrogen-bond donors (Lipinski definition) is 0. The predicted molar refractivity (Wildman–Crippen MR) is 46.9 cm³/mol. The zero-order valence-corrected chi connectivity index (χ0v) is 7.81. The topological polar surface area (TPSA) is 65.5 Å². The Balaban J connectivity index is 3.01. The first-order valence-electron chi connectivity index (χ1n) is 3.80. The van der Waals surface area contributed by atoms with Gasteiger partial charge in [-0.1, -0.05) is 0 Å². The molecule has 1 heterocycles. The molecule has 14 heavy (non-hydrogen) atoms. The molecule has 1 aromatic rings. The number of pyridine rings is 1. The van der Waals surface area contributed by atoms with Crippen molar-refractivity contribution in [3.05, 3.63) is 29.6 Å². The molecule has 0 saturated heterocycles. The van der Waals surface area contributed by atoms with E-state index >= 15 is 0 Å². The minimum Gasteiger partial charge on any atom is -0.465 e. The van der Waals surface area contributed by atoms with Crippen LogP contribution in [0.1, 0.15) is 20.7 Å². The zero-order chi connectivity index (χ0) is 10.6. The van der Waals surface area contributed by atoms with Gasteiger partial charge in [0, 0.05) is 12.4 Å². The summed E-state index contributed by atoms with van der Waals surface area (Å²) in [6.45, 7) is 0. The third-order valence-electron chi connectivity index (χ3n) is 1.58. The van der Waals surface area contributed by atoms with Crippen LogP contribution in [0.2, 0.25) is 0 Å². The van der Waals surface area contributed by atoms with Crippen LogP contribution in [0.5, 0.6) is 0 Å². The molecule has 0 atom stereocenters. The molecule has 0 saturated carbocycles.